The molecule has 0 radical (unpaired) electrons. The zero-order valence-corrected chi connectivity index (χ0v) is 11.4. The van der Waals surface area contributed by atoms with Crippen LogP contribution in [0.3, 0.4) is 0 Å². The highest BCUT2D eigenvalue weighted by atomic mass is 32.2. The van der Waals surface area contributed by atoms with Crippen LogP contribution in [0.1, 0.15) is 11.3 Å². The first kappa shape index (κ1) is 13.6. The summed E-state index contributed by atoms with van der Waals surface area (Å²) in [7, 11) is 0. The lowest BCUT2D eigenvalue weighted by molar-refractivity contribution is -0.133. The molecule has 5 nitrogen and oxygen atoms in total. The molecule has 0 spiro atoms. The summed E-state index contributed by atoms with van der Waals surface area (Å²) in [5, 5.41) is 9.47. The number of hydrogen-bond donors (Lipinski definition) is 1. The number of imidazole rings is 1. The Morgan fingerprint density at radius 1 is 1.53 bits per heavy atom. The van der Waals surface area contributed by atoms with E-state index in [1.807, 2.05) is 36.0 Å². The fourth-order valence-electron chi connectivity index (χ4n) is 1.72. The number of pyridine rings is 1. The van der Waals surface area contributed by atoms with E-state index in [9.17, 15) is 4.79 Å². The van der Waals surface area contributed by atoms with E-state index >= 15 is 0 Å². The molecule has 2 rings (SSSR count). The van der Waals surface area contributed by atoms with Gasteiger partial charge in [0.25, 0.3) is 0 Å². The standard InChI is InChI=1S/C13H15N3O2S/c1-10-8-16(13(15-10)19-9-12(17)18)6-4-11-3-2-5-14-7-11/h2-3,5,7-8H,4,6,9H2,1H3,(H,17,18). The first-order chi connectivity index (χ1) is 9.15. The third kappa shape index (κ3) is 4.10. The molecule has 0 unspecified atom stereocenters. The van der Waals surface area contributed by atoms with Gasteiger partial charge in [-0.2, -0.15) is 0 Å². The molecule has 0 saturated carbocycles. The molecule has 2 aromatic heterocycles. The first-order valence-corrected chi connectivity index (χ1v) is 6.91. The van der Waals surface area contributed by atoms with Gasteiger partial charge in [-0.05, 0) is 25.0 Å². The predicted octanol–water partition coefficient (Wildman–Crippen LogP) is 2.01. The van der Waals surface area contributed by atoms with Crippen molar-refractivity contribution < 1.29 is 9.90 Å². The van der Waals surface area contributed by atoms with Gasteiger partial charge in [-0.3, -0.25) is 9.78 Å². The molecule has 2 heterocycles. The Bertz CT molecular complexity index is 554. The van der Waals surface area contributed by atoms with Crippen molar-refractivity contribution in [3.63, 3.8) is 0 Å². The zero-order chi connectivity index (χ0) is 13.7. The minimum atomic E-state index is -0.829. The fraction of sp³-hybridized carbons (Fsp3) is 0.308. The highest BCUT2D eigenvalue weighted by molar-refractivity contribution is 7.99. The Morgan fingerprint density at radius 2 is 2.37 bits per heavy atom. The average molecular weight is 277 g/mol. The van der Waals surface area contributed by atoms with Crippen molar-refractivity contribution >= 4 is 17.7 Å². The molecule has 0 fully saturated rings. The van der Waals surface area contributed by atoms with Crippen LogP contribution in [-0.4, -0.2) is 31.4 Å². The van der Waals surface area contributed by atoms with Gasteiger partial charge in [0.15, 0.2) is 5.16 Å². The molecule has 0 atom stereocenters. The van der Waals surface area contributed by atoms with Gasteiger partial charge in [-0.15, -0.1) is 0 Å². The maximum absolute atomic E-state index is 10.6. The van der Waals surface area contributed by atoms with E-state index in [1.165, 1.54) is 11.8 Å². The second-order valence-electron chi connectivity index (χ2n) is 4.15. The van der Waals surface area contributed by atoms with E-state index in [1.54, 1.807) is 6.20 Å². The van der Waals surface area contributed by atoms with Crippen molar-refractivity contribution in [1.29, 1.82) is 0 Å². The summed E-state index contributed by atoms with van der Waals surface area (Å²) in [6.45, 7) is 2.68. The Hall–Kier alpha value is -1.82. The second-order valence-corrected chi connectivity index (χ2v) is 5.09. The summed E-state index contributed by atoms with van der Waals surface area (Å²) in [6.07, 6.45) is 6.39. The molecule has 0 aliphatic rings. The lowest BCUT2D eigenvalue weighted by Gasteiger charge is -2.06. The Balaban J connectivity index is 2.01. The van der Waals surface area contributed by atoms with Gasteiger partial charge in [0, 0.05) is 25.1 Å². The van der Waals surface area contributed by atoms with Crippen LogP contribution in [0, 0.1) is 6.92 Å². The van der Waals surface area contributed by atoms with Crippen LogP contribution in [0.25, 0.3) is 0 Å². The summed E-state index contributed by atoms with van der Waals surface area (Å²) in [5.74, 6) is -0.798. The maximum atomic E-state index is 10.6. The molecule has 0 amide bonds. The third-order valence-corrected chi connectivity index (χ3v) is 3.52. The summed E-state index contributed by atoms with van der Waals surface area (Å²) in [5.41, 5.74) is 2.06. The second kappa shape index (κ2) is 6.38. The number of thioether (sulfide) groups is 1. The summed E-state index contributed by atoms with van der Waals surface area (Å²) in [4.78, 5) is 19.0. The number of hydrogen-bond acceptors (Lipinski definition) is 4. The normalized spacial score (nSPS) is 10.6. The third-order valence-electron chi connectivity index (χ3n) is 2.55. The van der Waals surface area contributed by atoms with Crippen LogP contribution in [0.4, 0.5) is 0 Å². The summed E-state index contributed by atoms with van der Waals surface area (Å²) in [6, 6.07) is 3.94. The molecule has 0 bridgehead atoms. The number of carboxylic acids is 1. The number of rotatable bonds is 6. The molecule has 0 aliphatic heterocycles. The summed E-state index contributed by atoms with van der Waals surface area (Å²) < 4.78 is 2.00. The van der Waals surface area contributed by atoms with Crippen LogP contribution >= 0.6 is 11.8 Å². The van der Waals surface area contributed by atoms with Gasteiger partial charge in [0.05, 0.1) is 11.4 Å². The zero-order valence-electron chi connectivity index (χ0n) is 10.6. The summed E-state index contributed by atoms with van der Waals surface area (Å²) >= 11 is 1.25. The molecule has 6 heteroatoms. The highest BCUT2D eigenvalue weighted by Crippen LogP contribution is 2.18. The number of aromatic nitrogens is 3. The van der Waals surface area contributed by atoms with Crippen LogP contribution in [0.15, 0.2) is 35.9 Å². The van der Waals surface area contributed by atoms with Crippen molar-refractivity contribution in [2.24, 2.45) is 0 Å². The van der Waals surface area contributed by atoms with Crippen molar-refractivity contribution in [3.8, 4) is 0 Å². The molecule has 0 aromatic carbocycles. The highest BCUT2D eigenvalue weighted by Gasteiger charge is 2.08. The quantitative estimate of drug-likeness (QED) is 0.818. The number of carboxylic acid groups (broad SMARTS) is 1. The van der Waals surface area contributed by atoms with E-state index in [2.05, 4.69) is 9.97 Å². The number of nitrogens with zero attached hydrogens (tertiary/aromatic N) is 3. The van der Waals surface area contributed by atoms with Gasteiger partial charge in [0.1, 0.15) is 0 Å². The minimum absolute atomic E-state index is 0.0311. The molecule has 1 N–H and O–H groups in total. The van der Waals surface area contributed by atoms with Gasteiger partial charge in [0.2, 0.25) is 0 Å². The number of aliphatic carboxylic acids is 1. The molecule has 0 aliphatic carbocycles. The van der Waals surface area contributed by atoms with E-state index < -0.39 is 5.97 Å². The van der Waals surface area contributed by atoms with Crippen LogP contribution in [0.2, 0.25) is 0 Å². The maximum Gasteiger partial charge on any atom is 0.313 e. The van der Waals surface area contributed by atoms with Gasteiger partial charge in [-0.1, -0.05) is 17.8 Å². The van der Waals surface area contributed by atoms with Crippen LogP contribution in [0.5, 0.6) is 0 Å². The molecule has 2 aromatic rings. The SMILES string of the molecule is Cc1cn(CCc2cccnc2)c(SCC(=O)O)n1. The Morgan fingerprint density at radius 3 is 3.05 bits per heavy atom. The predicted molar refractivity (Wildman–Crippen MR) is 73.3 cm³/mol. The first-order valence-electron chi connectivity index (χ1n) is 5.92. The lowest BCUT2D eigenvalue weighted by Crippen LogP contribution is -2.04. The monoisotopic (exact) mass is 277 g/mol. The van der Waals surface area contributed by atoms with E-state index in [0.29, 0.717) is 0 Å². The molecular weight excluding hydrogens is 262 g/mol. The molecular formula is C13H15N3O2S. The largest absolute Gasteiger partial charge is 0.481 e. The van der Waals surface area contributed by atoms with Crippen molar-refractivity contribution in [3.05, 3.63) is 42.0 Å². The fourth-order valence-corrected chi connectivity index (χ4v) is 2.49. The minimum Gasteiger partial charge on any atom is -0.481 e. The number of carbonyl (C=O) groups is 1. The molecule has 0 saturated heterocycles. The molecule has 100 valence electrons. The van der Waals surface area contributed by atoms with E-state index in [4.69, 9.17) is 5.11 Å². The lowest BCUT2D eigenvalue weighted by atomic mass is 10.2. The topological polar surface area (TPSA) is 68.0 Å². The van der Waals surface area contributed by atoms with Crippen molar-refractivity contribution in [1.82, 2.24) is 14.5 Å². The van der Waals surface area contributed by atoms with Crippen molar-refractivity contribution in [2.45, 2.75) is 25.0 Å². The van der Waals surface area contributed by atoms with Gasteiger partial charge >= 0.3 is 5.97 Å². The van der Waals surface area contributed by atoms with E-state index in [-0.39, 0.29) is 5.75 Å². The number of aryl methyl sites for hydroxylation is 3. The van der Waals surface area contributed by atoms with Crippen molar-refractivity contribution in [2.75, 3.05) is 5.75 Å². The smallest absolute Gasteiger partial charge is 0.313 e. The average Bonchev–Trinajstić information content (AvgIpc) is 2.75. The van der Waals surface area contributed by atoms with E-state index in [0.717, 1.165) is 29.4 Å². The van der Waals surface area contributed by atoms with Crippen LogP contribution in [-0.2, 0) is 17.8 Å². The van der Waals surface area contributed by atoms with Gasteiger partial charge in [-0.25, -0.2) is 4.98 Å². The van der Waals surface area contributed by atoms with Gasteiger partial charge < -0.3 is 9.67 Å². The van der Waals surface area contributed by atoms with Crippen LogP contribution < -0.4 is 0 Å². The Kier molecular flexibility index (Phi) is 4.57. The Labute approximate surface area is 115 Å². The molecule has 19 heavy (non-hydrogen) atoms.